The van der Waals surface area contributed by atoms with Crippen molar-refractivity contribution in [1.82, 2.24) is 25.3 Å². The van der Waals surface area contributed by atoms with Gasteiger partial charge in [0, 0.05) is 25.2 Å². The highest BCUT2D eigenvalue weighted by atomic mass is 19.1. The van der Waals surface area contributed by atoms with Crippen LogP contribution in [0.2, 0.25) is 0 Å². The third-order valence-electron chi connectivity index (χ3n) is 5.73. The van der Waals surface area contributed by atoms with E-state index in [1.165, 1.54) is 17.0 Å². The highest BCUT2D eigenvalue weighted by Crippen LogP contribution is 2.35. The molecule has 0 radical (unpaired) electrons. The van der Waals surface area contributed by atoms with Crippen molar-refractivity contribution in [2.75, 3.05) is 13.1 Å². The average Bonchev–Trinajstić information content (AvgIpc) is 3.21. The number of carbonyl (C=O) groups is 2. The quantitative estimate of drug-likeness (QED) is 0.767. The molecule has 148 valence electrons. The molecule has 2 aliphatic rings. The van der Waals surface area contributed by atoms with Crippen molar-refractivity contribution in [2.24, 2.45) is 13.0 Å². The summed E-state index contributed by atoms with van der Waals surface area (Å²) in [6, 6.07) is 5.76. The van der Waals surface area contributed by atoms with Gasteiger partial charge in [0.15, 0.2) is 0 Å². The smallest absolute Gasteiger partial charge is 0.322 e. The summed E-state index contributed by atoms with van der Waals surface area (Å²) in [5.41, 5.74) is 0.630. The number of aromatic nitrogens is 2. The number of halogens is 1. The Morgan fingerprint density at radius 3 is 2.54 bits per heavy atom. The van der Waals surface area contributed by atoms with Crippen LogP contribution in [0.15, 0.2) is 36.7 Å². The van der Waals surface area contributed by atoms with Gasteiger partial charge in [-0.15, -0.1) is 0 Å². The Morgan fingerprint density at radius 2 is 1.89 bits per heavy atom. The lowest BCUT2D eigenvalue weighted by Gasteiger charge is -2.38. The molecule has 0 unspecified atom stereocenters. The molecule has 8 heteroatoms. The molecule has 2 saturated heterocycles. The van der Waals surface area contributed by atoms with Crippen LogP contribution < -0.4 is 10.6 Å². The molecule has 2 N–H and O–H groups in total. The number of piperidine rings is 1. The van der Waals surface area contributed by atoms with Gasteiger partial charge in [-0.05, 0) is 49.5 Å². The van der Waals surface area contributed by atoms with Crippen molar-refractivity contribution in [3.8, 4) is 0 Å². The highest BCUT2D eigenvalue weighted by molar-refractivity contribution is 6.07. The number of urea groups is 1. The maximum atomic E-state index is 13.5. The summed E-state index contributed by atoms with van der Waals surface area (Å²) in [6.45, 7) is 1.80. The van der Waals surface area contributed by atoms with Gasteiger partial charge >= 0.3 is 6.03 Å². The maximum Gasteiger partial charge on any atom is 0.325 e. The molecule has 1 aromatic carbocycles. The van der Waals surface area contributed by atoms with Crippen LogP contribution in [0.3, 0.4) is 0 Å². The van der Waals surface area contributed by atoms with Crippen molar-refractivity contribution < 1.29 is 14.0 Å². The zero-order valence-corrected chi connectivity index (χ0v) is 15.8. The zero-order valence-electron chi connectivity index (χ0n) is 15.8. The second kappa shape index (κ2) is 7.35. The van der Waals surface area contributed by atoms with Crippen molar-refractivity contribution in [3.63, 3.8) is 0 Å². The van der Waals surface area contributed by atoms with Gasteiger partial charge < -0.3 is 10.6 Å². The number of nitrogens with one attached hydrogen (secondary N) is 2. The van der Waals surface area contributed by atoms with Gasteiger partial charge in [-0.3, -0.25) is 14.4 Å². The summed E-state index contributed by atoms with van der Waals surface area (Å²) in [6.07, 6.45) is 5.41. The number of hydrogen-bond donors (Lipinski definition) is 2. The van der Waals surface area contributed by atoms with Crippen LogP contribution in [0.25, 0.3) is 0 Å². The Labute approximate surface area is 162 Å². The number of imide groups is 1. The molecule has 2 aliphatic heterocycles. The maximum absolute atomic E-state index is 13.5. The van der Waals surface area contributed by atoms with E-state index in [1.54, 1.807) is 36.3 Å². The Morgan fingerprint density at radius 1 is 1.18 bits per heavy atom. The lowest BCUT2D eigenvalue weighted by atomic mass is 9.74. The number of hydrogen-bond acceptors (Lipinski definition) is 4. The van der Waals surface area contributed by atoms with Crippen molar-refractivity contribution >= 4 is 11.9 Å². The van der Waals surface area contributed by atoms with Crippen LogP contribution in [0, 0.1) is 11.7 Å². The molecule has 0 spiro atoms. The van der Waals surface area contributed by atoms with E-state index >= 15 is 0 Å². The van der Waals surface area contributed by atoms with Crippen LogP contribution in [-0.4, -0.2) is 45.2 Å². The Hall–Kier alpha value is -2.74. The molecule has 3 heterocycles. The number of aryl methyl sites for hydroxylation is 1. The van der Waals surface area contributed by atoms with Gasteiger partial charge in [-0.25, -0.2) is 9.18 Å². The minimum Gasteiger partial charge on any atom is -0.322 e. The van der Waals surface area contributed by atoms with Gasteiger partial charge in [0.1, 0.15) is 11.4 Å². The first-order valence-corrected chi connectivity index (χ1v) is 9.55. The SMILES string of the molecule is Cn1cc(CN2C(=O)N[C@@](Cc3ccc(F)cc3)(C3CCNCC3)C2=O)cn1. The highest BCUT2D eigenvalue weighted by Gasteiger charge is 2.55. The lowest BCUT2D eigenvalue weighted by Crippen LogP contribution is -2.57. The Kier molecular flexibility index (Phi) is 4.89. The molecule has 1 atom stereocenters. The van der Waals surface area contributed by atoms with Gasteiger partial charge in [-0.1, -0.05) is 12.1 Å². The van der Waals surface area contributed by atoms with E-state index in [4.69, 9.17) is 0 Å². The molecule has 0 bridgehead atoms. The van der Waals surface area contributed by atoms with Gasteiger partial charge in [0.25, 0.3) is 5.91 Å². The van der Waals surface area contributed by atoms with Crippen LogP contribution >= 0.6 is 0 Å². The summed E-state index contributed by atoms with van der Waals surface area (Å²) in [5.74, 6) is -0.508. The van der Waals surface area contributed by atoms with E-state index in [0.29, 0.717) is 6.42 Å². The summed E-state index contributed by atoms with van der Waals surface area (Å²) >= 11 is 0. The predicted molar refractivity (Wildman–Crippen MR) is 101 cm³/mol. The molecular formula is C20H24FN5O2. The molecule has 4 rings (SSSR count). The molecule has 1 aromatic heterocycles. The second-order valence-electron chi connectivity index (χ2n) is 7.64. The number of amides is 3. The number of benzene rings is 1. The summed E-state index contributed by atoms with van der Waals surface area (Å²) in [4.78, 5) is 27.6. The second-order valence-corrected chi connectivity index (χ2v) is 7.64. The molecule has 7 nitrogen and oxygen atoms in total. The normalized spacial score (nSPS) is 23.3. The average molecular weight is 385 g/mol. The molecule has 28 heavy (non-hydrogen) atoms. The summed E-state index contributed by atoms with van der Waals surface area (Å²) in [5, 5.41) is 10.4. The monoisotopic (exact) mass is 385 g/mol. The molecule has 0 aliphatic carbocycles. The van der Waals surface area contributed by atoms with Gasteiger partial charge in [-0.2, -0.15) is 5.10 Å². The largest absolute Gasteiger partial charge is 0.325 e. The molecule has 2 aromatic rings. The van der Waals surface area contributed by atoms with E-state index < -0.39 is 5.54 Å². The number of carbonyl (C=O) groups excluding carboxylic acids is 2. The zero-order chi connectivity index (χ0) is 19.7. The third-order valence-corrected chi connectivity index (χ3v) is 5.73. The van der Waals surface area contributed by atoms with E-state index in [2.05, 4.69) is 15.7 Å². The van der Waals surface area contributed by atoms with E-state index in [9.17, 15) is 14.0 Å². The topological polar surface area (TPSA) is 79.3 Å². The minimum atomic E-state index is -1.00. The fourth-order valence-corrected chi connectivity index (χ4v) is 4.30. The molecule has 0 saturated carbocycles. The molecule has 3 amide bonds. The first-order chi connectivity index (χ1) is 13.5. The van der Waals surface area contributed by atoms with Crippen molar-refractivity contribution in [2.45, 2.75) is 31.3 Å². The number of nitrogens with zero attached hydrogens (tertiary/aromatic N) is 3. The van der Waals surface area contributed by atoms with Crippen LogP contribution in [0.4, 0.5) is 9.18 Å². The Balaban J connectivity index is 1.65. The van der Waals surface area contributed by atoms with Crippen molar-refractivity contribution in [1.29, 1.82) is 0 Å². The third kappa shape index (κ3) is 3.40. The summed E-state index contributed by atoms with van der Waals surface area (Å²) in [7, 11) is 1.79. The van der Waals surface area contributed by atoms with Crippen LogP contribution in [0.1, 0.15) is 24.0 Å². The number of rotatable bonds is 5. The fraction of sp³-hybridized carbons (Fsp3) is 0.450. The minimum absolute atomic E-state index is 0.0224. The molecule has 2 fully saturated rings. The van der Waals surface area contributed by atoms with Gasteiger partial charge in [0.2, 0.25) is 0 Å². The first kappa shape index (κ1) is 18.6. The Bertz CT molecular complexity index is 875. The van der Waals surface area contributed by atoms with Crippen LogP contribution in [0.5, 0.6) is 0 Å². The van der Waals surface area contributed by atoms with Crippen LogP contribution in [-0.2, 0) is 24.8 Å². The predicted octanol–water partition coefficient (Wildman–Crippen LogP) is 1.59. The van der Waals surface area contributed by atoms with Crippen molar-refractivity contribution in [3.05, 3.63) is 53.6 Å². The fourth-order valence-electron chi connectivity index (χ4n) is 4.30. The summed E-state index contributed by atoms with van der Waals surface area (Å²) < 4.78 is 15.0. The lowest BCUT2D eigenvalue weighted by molar-refractivity contribution is -0.134. The van der Waals surface area contributed by atoms with E-state index in [1.807, 2.05) is 0 Å². The standard InChI is InChI=1S/C20H24FN5O2/c1-25-12-15(11-23-25)13-26-18(27)20(24-19(26)28,16-6-8-22-9-7-16)10-14-2-4-17(21)5-3-14/h2-5,11-12,16,22H,6-10,13H2,1H3,(H,24,28)/t20-/m0/s1. The van der Waals surface area contributed by atoms with Gasteiger partial charge in [0.05, 0.1) is 12.7 Å². The van der Waals surface area contributed by atoms with E-state index in [-0.39, 0.29) is 30.2 Å². The molecular weight excluding hydrogens is 361 g/mol. The first-order valence-electron chi connectivity index (χ1n) is 9.55. The van der Waals surface area contributed by atoms with E-state index in [0.717, 1.165) is 37.1 Å².